The van der Waals surface area contributed by atoms with Crippen LogP contribution in [0.2, 0.25) is 5.02 Å². The number of ketones is 1. The number of Topliss-reactive ketones (excluding diaryl/α,β-unsaturated/α-hetero) is 1. The molecule has 0 amide bonds. The Bertz CT molecular complexity index is 3060. The van der Waals surface area contributed by atoms with E-state index in [1.54, 1.807) is 56.3 Å². The molecule has 7 aromatic heterocycles. The monoisotopic (exact) mass is 1010 g/mol. The number of aromatic amines is 2. The van der Waals surface area contributed by atoms with Gasteiger partial charge in [-0.3, -0.25) is 44.0 Å². The van der Waals surface area contributed by atoms with E-state index in [4.69, 9.17) is 17.3 Å². The number of rotatable bonds is 4. The number of nitro groups is 2. The van der Waals surface area contributed by atoms with E-state index in [9.17, 15) is 44.0 Å². The maximum atomic E-state index is 11.8. The van der Waals surface area contributed by atoms with E-state index < -0.39 is 32.1 Å². The number of anilines is 1. The SMILES string of the molecule is COC(=O)CC(C)=O.Cc1ccc2c(=O)c([N+](=O)[O-])c(C)[nH]c2n1.Cc1ccc2c(=O)cc(C)[nH]c2n1.Cc1ccc2c(Cl)c([N+](=O)[O-])c(C)nc2n1.Cc1cccc(N)n1.O=P(Cl)(Cl)Cl. The highest BCUT2D eigenvalue weighted by atomic mass is 36.0. The van der Waals surface area contributed by atoms with Gasteiger partial charge in [-0.15, -0.1) is 0 Å². The summed E-state index contributed by atoms with van der Waals surface area (Å²) in [5.41, 5.74) is 10.5. The number of methoxy groups -OCH3 is 1. The zero-order chi connectivity index (χ0) is 50.2. The molecule has 0 atom stereocenters. The van der Waals surface area contributed by atoms with Crippen molar-refractivity contribution in [3.63, 3.8) is 0 Å². The highest BCUT2D eigenvalue weighted by Gasteiger charge is 2.22. The number of aryl methyl sites for hydroxylation is 7. The highest BCUT2D eigenvalue weighted by Crippen LogP contribution is 2.61. The molecule has 66 heavy (non-hydrogen) atoms. The molecule has 0 bridgehead atoms. The normalized spacial score (nSPS) is 10.3. The van der Waals surface area contributed by atoms with Gasteiger partial charge in [-0.2, -0.15) is 0 Å². The Morgan fingerprint density at radius 3 is 1.67 bits per heavy atom. The Labute approximate surface area is 395 Å². The standard InChI is InChI=1S/C10H8ClN3O2.C10H9N3O3.C10H10N2O.C6H8N2.C5H8O3.Cl3OP/c1-5-3-4-7-8(11)9(14(15)16)6(2)13-10(7)12-5;1-5-3-4-7-9(14)8(13(15)16)6(2)12-10(7)11-5;1-6-3-4-8-9(13)5-7(2)12-10(8)11-6;1-5-3-2-4-6(7)8-5;1-4(6)3-5(7)8-2;1-5(2,3)4/h3-4H,1-2H3;3-4H,1-2H3,(H,11,12,14);3-5H,1-2H3,(H,11,12,13);2-4H,1H3,(H2,7,8);3H2,1-2H3;. The second-order valence-electron chi connectivity index (χ2n) is 13.7. The number of nitrogens with two attached hydrogens (primary N) is 1. The number of nitrogens with one attached hydrogen (secondary N) is 2. The molecule has 0 unspecified atom stereocenters. The number of ether oxygens (including phenoxy) is 1. The molecule has 350 valence electrons. The third-order valence-corrected chi connectivity index (χ3v) is 8.47. The quantitative estimate of drug-likeness (QED) is 0.0486. The molecular formula is C41H43Cl4N10O10P. The second kappa shape index (κ2) is 25.3. The topological polar surface area (TPSA) is 303 Å². The fourth-order valence-electron chi connectivity index (χ4n) is 5.29. The third kappa shape index (κ3) is 18.2. The van der Waals surface area contributed by atoms with Crippen molar-refractivity contribution in [3.8, 4) is 0 Å². The zero-order valence-corrected chi connectivity index (χ0v) is 40.6. The Kier molecular flexibility index (Phi) is 21.4. The van der Waals surface area contributed by atoms with Crippen LogP contribution in [0.4, 0.5) is 17.2 Å². The van der Waals surface area contributed by atoms with Crippen molar-refractivity contribution in [1.82, 2.24) is 34.9 Å². The van der Waals surface area contributed by atoms with Crippen LogP contribution in [0.25, 0.3) is 33.1 Å². The van der Waals surface area contributed by atoms with Crippen LogP contribution < -0.4 is 16.6 Å². The first-order valence-electron chi connectivity index (χ1n) is 18.8. The molecule has 0 saturated heterocycles. The number of hydrogen-bond acceptors (Lipinski definition) is 16. The van der Waals surface area contributed by atoms with Crippen LogP contribution in [0.15, 0.2) is 70.3 Å². The maximum absolute atomic E-state index is 11.8. The summed E-state index contributed by atoms with van der Waals surface area (Å²) >= 11 is 19.8. The van der Waals surface area contributed by atoms with E-state index in [0.717, 1.165) is 28.5 Å². The first-order chi connectivity index (χ1) is 30.6. The summed E-state index contributed by atoms with van der Waals surface area (Å²) in [6, 6.07) is 17.4. The lowest BCUT2D eigenvalue weighted by molar-refractivity contribution is -0.386. The summed E-state index contributed by atoms with van der Waals surface area (Å²) in [6.07, 6.45) is -0.115. The van der Waals surface area contributed by atoms with Crippen molar-refractivity contribution in [2.75, 3.05) is 12.8 Å². The number of carbonyl (C=O) groups is 2. The molecule has 0 aliphatic carbocycles. The van der Waals surface area contributed by atoms with Crippen molar-refractivity contribution in [3.05, 3.63) is 146 Å². The van der Waals surface area contributed by atoms with Crippen LogP contribution in [0.5, 0.6) is 0 Å². The molecular weight excluding hydrogens is 965 g/mol. The van der Waals surface area contributed by atoms with Crippen LogP contribution in [0.3, 0.4) is 0 Å². The van der Waals surface area contributed by atoms with Crippen LogP contribution >= 0.6 is 50.5 Å². The minimum absolute atomic E-state index is 0.0266. The Balaban J connectivity index is 0.000000283. The van der Waals surface area contributed by atoms with Crippen molar-refractivity contribution >= 4 is 113 Å². The van der Waals surface area contributed by atoms with Gasteiger partial charge in [0, 0.05) is 39.9 Å². The maximum Gasteiger partial charge on any atom is 0.339 e. The van der Waals surface area contributed by atoms with Crippen molar-refractivity contribution in [1.29, 1.82) is 0 Å². The summed E-state index contributed by atoms with van der Waals surface area (Å²) in [4.78, 5) is 90.3. The van der Waals surface area contributed by atoms with Crippen LogP contribution in [-0.2, 0) is 18.9 Å². The molecule has 0 spiro atoms. The van der Waals surface area contributed by atoms with Crippen molar-refractivity contribution < 1.29 is 28.7 Å². The number of hydrogen-bond donors (Lipinski definition) is 3. The van der Waals surface area contributed by atoms with E-state index in [-0.39, 0.29) is 45.1 Å². The summed E-state index contributed by atoms with van der Waals surface area (Å²) in [7, 11) is 1.26. The Morgan fingerprint density at radius 2 is 1.21 bits per heavy atom. The largest absolute Gasteiger partial charge is 0.469 e. The van der Waals surface area contributed by atoms with Gasteiger partial charge in [-0.05, 0) is 138 Å². The molecule has 7 heterocycles. The van der Waals surface area contributed by atoms with Gasteiger partial charge in [0.1, 0.15) is 40.0 Å². The van der Waals surface area contributed by atoms with Gasteiger partial charge in [0.2, 0.25) is 0 Å². The summed E-state index contributed by atoms with van der Waals surface area (Å²) < 4.78 is 13.7. The predicted octanol–water partition coefficient (Wildman–Crippen LogP) is 9.72. The number of fused-ring (bicyclic) bond motifs is 3. The van der Waals surface area contributed by atoms with Gasteiger partial charge in [0.25, 0.3) is 5.43 Å². The van der Waals surface area contributed by atoms with Crippen LogP contribution in [-0.4, -0.2) is 63.6 Å². The Hall–Kier alpha value is -6.44. The fraction of sp³-hybridized carbons (Fsp3) is 0.244. The van der Waals surface area contributed by atoms with E-state index in [1.807, 2.05) is 45.9 Å². The van der Waals surface area contributed by atoms with Gasteiger partial charge in [0.05, 0.1) is 33.4 Å². The number of nitrogens with zero attached hydrogens (tertiary/aromatic N) is 7. The van der Waals surface area contributed by atoms with E-state index in [1.165, 1.54) is 21.0 Å². The minimum Gasteiger partial charge on any atom is -0.469 e. The van der Waals surface area contributed by atoms with Gasteiger partial charge in [0.15, 0.2) is 11.1 Å². The minimum atomic E-state index is -3.22. The number of nitrogen functional groups attached to an aromatic ring is 1. The zero-order valence-electron chi connectivity index (χ0n) is 36.7. The van der Waals surface area contributed by atoms with E-state index in [0.29, 0.717) is 33.5 Å². The average molecular weight is 1010 g/mol. The number of H-pyrrole nitrogens is 2. The highest BCUT2D eigenvalue weighted by molar-refractivity contribution is 8.24. The lowest BCUT2D eigenvalue weighted by Gasteiger charge is -2.03. The van der Waals surface area contributed by atoms with Crippen LogP contribution in [0.1, 0.15) is 53.2 Å². The first-order valence-corrected chi connectivity index (χ1v) is 23.6. The molecule has 7 aromatic rings. The molecule has 0 radical (unpaired) electrons. The number of halogens is 4. The molecule has 0 aromatic carbocycles. The molecule has 0 saturated carbocycles. The number of pyridine rings is 7. The van der Waals surface area contributed by atoms with Crippen molar-refractivity contribution in [2.45, 2.75) is 61.8 Å². The predicted molar refractivity (Wildman–Crippen MR) is 257 cm³/mol. The molecule has 4 N–H and O–H groups in total. The lowest BCUT2D eigenvalue weighted by atomic mass is 10.2. The fourth-order valence-corrected chi connectivity index (χ4v) is 5.64. The third-order valence-electron chi connectivity index (χ3n) is 8.09. The van der Waals surface area contributed by atoms with Gasteiger partial charge in [-0.1, -0.05) is 17.7 Å². The lowest BCUT2D eigenvalue weighted by Crippen LogP contribution is -2.12. The van der Waals surface area contributed by atoms with Gasteiger partial charge >= 0.3 is 22.5 Å². The smallest absolute Gasteiger partial charge is 0.339 e. The average Bonchev–Trinajstić information content (AvgIpc) is 3.17. The number of carbonyl (C=O) groups excluding carboxylic acids is 2. The Morgan fingerprint density at radius 1 is 0.727 bits per heavy atom. The summed E-state index contributed by atoms with van der Waals surface area (Å²) in [5, 5.41) is 19.8. The molecule has 7 rings (SSSR count). The van der Waals surface area contributed by atoms with Crippen molar-refractivity contribution in [2.24, 2.45) is 0 Å². The molecule has 25 heteroatoms. The molecule has 0 aliphatic heterocycles. The summed E-state index contributed by atoms with van der Waals surface area (Å²) in [6.45, 7) is 13.7. The second-order valence-corrected chi connectivity index (χ2v) is 20.7. The van der Waals surface area contributed by atoms with Gasteiger partial charge in [-0.25, -0.2) is 24.9 Å². The van der Waals surface area contributed by atoms with E-state index in [2.05, 4.69) is 73.3 Å². The van der Waals surface area contributed by atoms with E-state index >= 15 is 0 Å². The van der Waals surface area contributed by atoms with Crippen LogP contribution in [0, 0.1) is 68.7 Å². The number of esters is 1. The molecule has 0 fully saturated rings. The first kappa shape index (κ1) is 55.7. The van der Waals surface area contributed by atoms with Gasteiger partial charge < -0.3 is 20.4 Å². The molecule has 20 nitrogen and oxygen atoms in total. The molecule has 0 aliphatic rings. The summed E-state index contributed by atoms with van der Waals surface area (Å²) in [5.74, 6) is -0.0562. The number of aromatic nitrogens is 7.